The van der Waals surface area contributed by atoms with Crippen LogP contribution in [0.1, 0.15) is 13.3 Å². The molecule has 0 radical (unpaired) electrons. The van der Waals surface area contributed by atoms with Gasteiger partial charge in [0.25, 0.3) is 0 Å². The molecule has 0 aromatic rings. The smallest absolute Gasteiger partial charge is 0.186 e. The monoisotopic (exact) mass is 154 g/mol. The van der Waals surface area contributed by atoms with Gasteiger partial charge in [-0.05, 0) is 18.6 Å². The molecule has 0 heterocycles. The van der Waals surface area contributed by atoms with Gasteiger partial charge in [-0.3, -0.25) is 0 Å². The van der Waals surface area contributed by atoms with E-state index in [1.54, 1.807) is 18.2 Å². The molecule has 0 atom stereocenters. The van der Waals surface area contributed by atoms with Crippen molar-refractivity contribution < 1.29 is 9.84 Å². The predicted molar refractivity (Wildman–Crippen MR) is 45.9 cm³/mol. The molecule has 0 aromatic heterocycles. The average Bonchev–Trinajstić information content (AvgIpc) is 2.01. The van der Waals surface area contributed by atoms with Crippen LogP contribution in [0, 0.1) is 0 Å². The summed E-state index contributed by atoms with van der Waals surface area (Å²) in [5.74, 6) is 0.629. The van der Waals surface area contributed by atoms with Gasteiger partial charge in [-0.1, -0.05) is 25.7 Å². The van der Waals surface area contributed by atoms with Gasteiger partial charge >= 0.3 is 0 Å². The molecule has 0 unspecified atom stereocenters. The van der Waals surface area contributed by atoms with E-state index in [2.05, 4.69) is 6.58 Å². The Kier molecular flexibility index (Phi) is 6.43. The second-order valence-corrected chi connectivity index (χ2v) is 1.89. The maximum atomic E-state index is 8.43. The molecule has 0 spiro atoms. The van der Waals surface area contributed by atoms with Gasteiger partial charge in [0, 0.05) is 0 Å². The van der Waals surface area contributed by atoms with Gasteiger partial charge in [0.15, 0.2) is 6.79 Å². The molecule has 0 amide bonds. The summed E-state index contributed by atoms with van der Waals surface area (Å²) in [5.41, 5.74) is 0. The van der Waals surface area contributed by atoms with Crippen LogP contribution in [0.25, 0.3) is 0 Å². The van der Waals surface area contributed by atoms with Gasteiger partial charge in [-0.15, -0.1) is 0 Å². The average molecular weight is 154 g/mol. The molecule has 1 N–H and O–H groups in total. The number of aliphatic hydroxyl groups is 1. The highest BCUT2D eigenvalue weighted by Gasteiger charge is 1.86. The number of rotatable bonds is 5. The van der Waals surface area contributed by atoms with Gasteiger partial charge in [0.1, 0.15) is 5.76 Å². The normalized spacial score (nSPS) is 12.0. The zero-order valence-corrected chi connectivity index (χ0v) is 6.79. The lowest BCUT2D eigenvalue weighted by Gasteiger charge is -2.00. The number of hydrogen-bond donors (Lipinski definition) is 1. The van der Waals surface area contributed by atoms with Crippen molar-refractivity contribution in [3.63, 3.8) is 0 Å². The first kappa shape index (κ1) is 9.98. The summed E-state index contributed by atoms with van der Waals surface area (Å²) >= 11 is 0. The van der Waals surface area contributed by atoms with E-state index in [9.17, 15) is 0 Å². The summed E-state index contributed by atoms with van der Waals surface area (Å²) in [4.78, 5) is 0. The van der Waals surface area contributed by atoms with Crippen LogP contribution in [0.4, 0.5) is 0 Å². The van der Waals surface area contributed by atoms with Gasteiger partial charge in [0.2, 0.25) is 0 Å². The highest BCUT2D eigenvalue weighted by Crippen LogP contribution is 1.99. The minimum absolute atomic E-state index is 0.298. The first-order valence-electron chi connectivity index (χ1n) is 3.58. The molecule has 0 bridgehead atoms. The lowest BCUT2D eigenvalue weighted by Crippen LogP contribution is -1.89. The van der Waals surface area contributed by atoms with Crippen LogP contribution in [0.2, 0.25) is 0 Å². The minimum Gasteiger partial charge on any atom is -0.468 e. The lowest BCUT2D eigenvalue weighted by molar-refractivity contribution is 0.0480. The van der Waals surface area contributed by atoms with Crippen LogP contribution < -0.4 is 0 Å². The molecular weight excluding hydrogens is 140 g/mol. The second kappa shape index (κ2) is 7.09. The number of allylic oxidation sites excluding steroid dienone is 4. The SMILES string of the molecule is C=C/C=C(\C=C/CC)OCO. The molecule has 62 valence electrons. The van der Waals surface area contributed by atoms with Gasteiger partial charge in [-0.2, -0.15) is 0 Å². The van der Waals surface area contributed by atoms with E-state index in [4.69, 9.17) is 9.84 Å². The van der Waals surface area contributed by atoms with Crippen molar-refractivity contribution in [1.82, 2.24) is 0 Å². The Labute approximate surface area is 67.5 Å². The maximum absolute atomic E-state index is 8.43. The third kappa shape index (κ3) is 5.43. The predicted octanol–water partition coefficient (Wildman–Crippen LogP) is 1.99. The van der Waals surface area contributed by atoms with Crippen molar-refractivity contribution in [1.29, 1.82) is 0 Å². The van der Waals surface area contributed by atoms with E-state index in [0.29, 0.717) is 5.76 Å². The molecule has 2 nitrogen and oxygen atoms in total. The lowest BCUT2D eigenvalue weighted by atomic mass is 10.3. The molecule has 0 saturated carbocycles. The molecule has 0 aromatic carbocycles. The number of ether oxygens (including phenoxy) is 1. The van der Waals surface area contributed by atoms with Crippen molar-refractivity contribution in [3.8, 4) is 0 Å². The molecule has 11 heavy (non-hydrogen) atoms. The van der Waals surface area contributed by atoms with E-state index < -0.39 is 0 Å². The first-order valence-corrected chi connectivity index (χ1v) is 3.58. The standard InChI is InChI=1S/C9H14O2/c1-3-5-7-9(6-4-2)11-8-10/h4-7,10H,2-3,8H2,1H3/b7-5-,9-6+. The zero-order valence-electron chi connectivity index (χ0n) is 6.79. The highest BCUT2D eigenvalue weighted by molar-refractivity contribution is 5.16. The van der Waals surface area contributed by atoms with Gasteiger partial charge < -0.3 is 9.84 Å². The van der Waals surface area contributed by atoms with Crippen LogP contribution >= 0.6 is 0 Å². The molecule has 0 aliphatic rings. The van der Waals surface area contributed by atoms with Crippen LogP contribution in [-0.2, 0) is 4.74 Å². The Morgan fingerprint density at radius 2 is 2.36 bits per heavy atom. The van der Waals surface area contributed by atoms with E-state index >= 15 is 0 Å². The van der Waals surface area contributed by atoms with Crippen LogP contribution in [0.3, 0.4) is 0 Å². The minimum atomic E-state index is -0.298. The summed E-state index contributed by atoms with van der Waals surface area (Å²) < 4.78 is 4.84. The third-order valence-electron chi connectivity index (χ3n) is 1.03. The van der Waals surface area contributed by atoms with Crippen molar-refractivity contribution >= 4 is 0 Å². The Morgan fingerprint density at radius 3 is 2.82 bits per heavy atom. The Bertz CT molecular complexity index is 157. The second-order valence-electron chi connectivity index (χ2n) is 1.89. The number of hydrogen-bond acceptors (Lipinski definition) is 2. The summed E-state index contributed by atoms with van der Waals surface area (Å²) in [7, 11) is 0. The summed E-state index contributed by atoms with van der Waals surface area (Å²) in [5, 5.41) is 8.43. The van der Waals surface area contributed by atoms with Crippen molar-refractivity contribution in [2.24, 2.45) is 0 Å². The fourth-order valence-corrected chi connectivity index (χ4v) is 0.576. The Hall–Kier alpha value is -1.02. The Morgan fingerprint density at radius 1 is 1.64 bits per heavy atom. The maximum Gasteiger partial charge on any atom is 0.186 e. The van der Waals surface area contributed by atoms with Crippen LogP contribution in [0.15, 0.2) is 36.6 Å². The molecule has 0 aliphatic carbocycles. The molecular formula is C9H14O2. The van der Waals surface area contributed by atoms with Crippen molar-refractivity contribution in [2.75, 3.05) is 6.79 Å². The molecule has 0 aliphatic heterocycles. The van der Waals surface area contributed by atoms with Gasteiger partial charge in [-0.25, -0.2) is 0 Å². The fraction of sp³-hybridized carbons (Fsp3) is 0.333. The van der Waals surface area contributed by atoms with Crippen molar-refractivity contribution in [2.45, 2.75) is 13.3 Å². The Balaban J connectivity index is 3.98. The first-order chi connectivity index (χ1) is 5.35. The fourth-order valence-electron chi connectivity index (χ4n) is 0.576. The summed E-state index contributed by atoms with van der Waals surface area (Å²) in [6.45, 7) is 5.25. The molecule has 0 fully saturated rings. The van der Waals surface area contributed by atoms with Crippen LogP contribution in [0.5, 0.6) is 0 Å². The zero-order chi connectivity index (χ0) is 8.53. The third-order valence-corrected chi connectivity index (χ3v) is 1.03. The molecule has 0 saturated heterocycles. The summed E-state index contributed by atoms with van der Waals surface area (Å²) in [6, 6.07) is 0. The largest absolute Gasteiger partial charge is 0.468 e. The summed E-state index contributed by atoms with van der Waals surface area (Å²) in [6.07, 6.45) is 8.01. The van der Waals surface area contributed by atoms with Gasteiger partial charge in [0.05, 0.1) is 0 Å². The van der Waals surface area contributed by atoms with Crippen molar-refractivity contribution in [3.05, 3.63) is 36.6 Å². The van der Waals surface area contributed by atoms with E-state index in [1.807, 2.05) is 13.0 Å². The quantitative estimate of drug-likeness (QED) is 0.373. The van der Waals surface area contributed by atoms with E-state index in [1.165, 1.54) is 0 Å². The molecule has 0 rings (SSSR count). The van der Waals surface area contributed by atoms with E-state index in [-0.39, 0.29) is 6.79 Å². The topological polar surface area (TPSA) is 29.5 Å². The van der Waals surface area contributed by atoms with Crippen LogP contribution in [-0.4, -0.2) is 11.9 Å². The highest BCUT2D eigenvalue weighted by atomic mass is 16.6. The molecule has 2 heteroatoms. The number of aliphatic hydroxyl groups excluding tert-OH is 1. The van der Waals surface area contributed by atoms with E-state index in [0.717, 1.165) is 6.42 Å².